The van der Waals surface area contributed by atoms with Crippen LogP contribution >= 0.6 is 22.6 Å². The van der Waals surface area contributed by atoms with Gasteiger partial charge in [-0.3, -0.25) is 0 Å². The van der Waals surface area contributed by atoms with Gasteiger partial charge >= 0.3 is 0 Å². The molecule has 1 aliphatic rings. The van der Waals surface area contributed by atoms with Crippen LogP contribution in [0.2, 0.25) is 0 Å². The topological polar surface area (TPSA) is 9.23 Å². The summed E-state index contributed by atoms with van der Waals surface area (Å²) in [6, 6.07) is 0. The maximum Gasteiger partial charge on any atom is 0.0494 e. The van der Waals surface area contributed by atoms with E-state index >= 15 is 0 Å². The van der Waals surface area contributed by atoms with E-state index in [9.17, 15) is 0 Å². The molecule has 0 heterocycles. The summed E-state index contributed by atoms with van der Waals surface area (Å²) in [7, 11) is 0. The van der Waals surface area contributed by atoms with Crippen LogP contribution in [-0.4, -0.2) is 17.6 Å². The Balaban J connectivity index is 1.68. The molecule has 1 fully saturated rings. The predicted molar refractivity (Wildman–Crippen MR) is 88.6 cm³/mol. The SMILES string of the molecule is ICCCCCCCCCCOCC1CCCC1. The van der Waals surface area contributed by atoms with E-state index in [1.165, 1.54) is 81.5 Å². The Bertz CT molecular complexity index is 166. The summed E-state index contributed by atoms with van der Waals surface area (Å²) < 4.78 is 7.11. The number of halogens is 1. The van der Waals surface area contributed by atoms with Crippen LogP contribution in [0.4, 0.5) is 0 Å². The second-order valence-corrected chi connectivity index (χ2v) is 6.82. The van der Waals surface area contributed by atoms with E-state index in [1.54, 1.807) is 0 Å². The van der Waals surface area contributed by atoms with Gasteiger partial charge in [0.2, 0.25) is 0 Å². The average Bonchev–Trinajstić information content (AvgIpc) is 2.89. The first kappa shape index (κ1) is 16.7. The molecule has 0 aromatic carbocycles. The lowest BCUT2D eigenvalue weighted by molar-refractivity contribution is 0.0978. The Morgan fingerprint density at radius 2 is 1.33 bits per heavy atom. The van der Waals surface area contributed by atoms with Crippen LogP contribution in [0.1, 0.15) is 77.0 Å². The summed E-state index contributed by atoms with van der Waals surface area (Å²) in [4.78, 5) is 0. The van der Waals surface area contributed by atoms with Crippen molar-refractivity contribution in [2.24, 2.45) is 5.92 Å². The van der Waals surface area contributed by atoms with Gasteiger partial charge in [-0.25, -0.2) is 0 Å². The zero-order valence-electron chi connectivity index (χ0n) is 12.0. The van der Waals surface area contributed by atoms with E-state index < -0.39 is 0 Å². The first-order chi connectivity index (χ1) is 8.93. The molecule has 1 aliphatic carbocycles. The fourth-order valence-corrected chi connectivity index (χ4v) is 3.33. The fraction of sp³-hybridized carbons (Fsp3) is 1.00. The Labute approximate surface area is 128 Å². The number of hydrogen-bond acceptors (Lipinski definition) is 1. The molecule has 0 amide bonds. The second kappa shape index (κ2) is 12.7. The van der Waals surface area contributed by atoms with Crippen LogP contribution in [0.3, 0.4) is 0 Å². The molecule has 0 saturated heterocycles. The van der Waals surface area contributed by atoms with Crippen LogP contribution in [-0.2, 0) is 4.74 Å². The van der Waals surface area contributed by atoms with Crippen LogP contribution in [0, 0.1) is 5.92 Å². The van der Waals surface area contributed by atoms with Crippen molar-refractivity contribution in [1.82, 2.24) is 0 Å². The van der Waals surface area contributed by atoms with Crippen molar-refractivity contribution in [2.75, 3.05) is 17.6 Å². The van der Waals surface area contributed by atoms with Gasteiger partial charge < -0.3 is 4.74 Å². The van der Waals surface area contributed by atoms with E-state index in [2.05, 4.69) is 22.6 Å². The van der Waals surface area contributed by atoms with E-state index in [4.69, 9.17) is 4.74 Å². The molecular formula is C16H31IO. The Morgan fingerprint density at radius 3 is 1.94 bits per heavy atom. The summed E-state index contributed by atoms with van der Waals surface area (Å²) in [6.45, 7) is 2.04. The zero-order chi connectivity index (χ0) is 12.9. The number of ether oxygens (including phenoxy) is 1. The third-order valence-electron chi connectivity index (χ3n) is 4.00. The summed E-state index contributed by atoms with van der Waals surface area (Å²) in [5.41, 5.74) is 0. The lowest BCUT2D eigenvalue weighted by atomic mass is 10.1. The van der Waals surface area contributed by atoms with Gasteiger partial charge in [-0.2, -0.15) is 0 Å². The summed E-state index contributed by atoms with van der Waals surface area (Å²) in [5.74, 6) is 0.892. The molecule has 108 valence electrons. The van der Waals surface area contributed by atoms with Gasteiger partial charge in [0, 0.05) is 13.2 Å². The highest BCUT2D eigenvalue weighted by molar-refractivity contribution is 14.1. The Kier molecular flexibility index (Phi) is 11.8. The zero-order valence-corrected chi connectivity index (χ0v) is 14.1. The van der Waals surface area contributed by atoms with Gasteiger partial charge in [0.05, 0.1) is 0 Å². The van der Waals surface area contributed by atoms with Crippen LogP contribution < -0.4 is 0 Å². The smallest absolute Gasteiger partial charge is 0.0494 e. The largest absolute Gasteiger partial charge is 0.381 e. The van der Waals surface area contributed by atoms with E-state index in [1.807, 2.05) is 0 Å². The number of hydrogen-bond donors (Lipinski definition) is 0. The highest BCUT2D eigenvalue weighted by Crippen LogP contribution is 2.24. The van der Waals surface area contributed by atoms with Gasteiger partial charge in [-0.1, -0.05) is 74.0 Å². The molecular weight excluding hydrogens is 335 g/mol. The monoisotopic (exact) mass is 366 g/mol. The first-order valence-electron chi connectivity index (χ1n) is 8.07. The van der Waals surface area contributed by atoms with Gasteiger partial charge in [0.25, 0.3) is 0 Å². The van der Waals surface area contributed by atoms with Crippen molar-refractivity contribution < 1.29 is 4.74 Å². The van der Waals surface area contributed by atoms with Crippen LogP contribution in [0.15, 0.2) is 0 Å². The summed E-state index contributed by atoms with van der Waals surface area (Å²) in [5, 5.41) is 0. The molecule has 2 heteroatoms. The standard InChI is InChI=1S/C16H31IO/c17-13-9-5-3-1-2-4-6-10-14-18-15-16-11-7-8-12-16/h16H,1-15H2. The molecule has 0 unspecified atom stereocenters. The van der Waals surface area contributed by atoms with Crippen molar-refractivity contribution in [3.8, 4) is 0 Å². The van der Waals surface area contributed by atoms with Gasteiger partial charge in [-0.05, 0) is 36.0 Å². The maximum atomic E-state index is 5.78. The second-order valence-electron chi connectivity index (χ2n) is 5.74. The molecule has 0 aromatic rings. The molecule has 0 atom stereocenters. The predicted octanol–water partition coefficient (Wildman–Crippen LogP) is 5.75. The van der Waals surface area contributed by atoms with Crippen LogP contribution in [0.5, 0.6) is 0 Å². The minimum Gasteiger partial charge on any atom is -0.381 e. The van der Waals surface area contributed by atoms with E-state index in [0.717, 1.165) is 19.1 Å². The number of unbranched alkanes of at least 4 members (excludes halogenated alkanes) is 7. The van der Waals surface area contributed by atoms with E-state index in [-0.39, 0.29) is 0 Å². The Morgan fingerprint density at radius 1 is 0.778 bits per heavy atom. The van der Waals surface area contributed by atoms with Crippen molar-refractivity contribution in [3.05, 3.63) is 0 Å². The molecule has 1 saturated carbocycles. The summed E-state index contributed by atoms with van der Waals surface area (Å²) >= 11 is 2.47. The Hall–Kier alpha value is 0.690. The van der Waals surface area contributed by atoms with Crippen molar-refractivity contribution in [3.63, 3.8) is 0 Å². The molecule has 0 bridgehead atoms. The molecule has 0 aromatic heterocycles. The van der Waals surface area contributed by atoms with E-state index in [0.29, 0.717) is 0 Å². The summed E-state index contributed by atoms with van der Waals surface area (Å²) in [6.07, 6.45) is 16.9. The lowest BCUT2D eigenvalue weighted by Crippen LogP contribution is -2.06. The van der Waals surface area contributed by atoms with Crippen molar-refractivity contribution in [1.29, 1.82) is 0 Å². The first-order valence-corrected chi connectivity index (χ1v) is 9.59. The lowest BCUT2D eigenvalue weighted by Gasteiger charge is -2.09. The van der Waals surface area contributed by atoms with Gasteiger partial charge in [0.1, 0.15) is 0 Å². The maximum absolute atomic E-state index is 5.78. The quantitative estimate of drug-likeness (QED) is 0.243. The number of alkyl halides is 1. The van der Waals surface area contributed by atoms with Gasteiger partial charge in [0.15, 0.2) is 0 Å². The van der Waals surface area contributed by atoms with Crippen molar-refractivity contribution >= 4 is 22.6 Å². The minimum atomic E-state index is 0.892. The third kappa shape index (κ3) is 9.60. The highest BCUT2D eigenvalue weighted by atomic mass is 127. The van der Waals surface area contributed by atoms with Crippen molar-refractivity contribution in [2.45, 2.75) is 77.0 Å². The normalized spacial score (nSPS) is 16.5. The molecule has 1 rings (SSSR count). The average molecular weight is 366 g/mol. The number of rotatable bonds is 12. The third-order valence-corrected chi connectivity index (χ3v) is 4.76. The van der Waals surface area contributed by atoms with Gasteiger partial charge in [-0.15, -0.1) is 0 Å². The molecule has 0 radical (unpaired) electrons. The molecule has 0 N–H and O–H groups in total. The molecule has 18 heavy (non-hydrogen) atoms. The van der Waals surface area contributed by atoms with Crippen LogP contribution in [0.25, 0.3) is 0 Å². The highest BCUT2D eigenvalue weighted by Gasteiger charge is 2.14. The molecule has 1 nitrogen and oxygen atoms in total. The molecule has 0 spiro atoms. The molecule has 0 aliphatic heterocycles. The minimum absolute atomic E-state index is 0.892. The fourth-order valence-electron chi connectivity index (χ4n) is 2.79.